The number of pyridine rings is 1. The molecule has 2 aromatic rings. The highest BCUT2D eigenvalue weighted by atomic mass is 16.3. The maximum absolute atomic E-state index is 12.8. The molecular weight excluding hydrogens is 418 g/mol. The lowest BCUT2D eigenvalue weighted by Crippen LogP contribution is -2.58. The zero-order valence-electron chi connectivity index (χ0n) is 19.7. The number of furan rings is 1. The minimum atomic E-state index is -0.599. The molecular formula is C26H35N3O4. The highest BCUT2D eigenvalue weighted by Gasteiger charge is 2.53. The van der Waals surface area contributed by atoms with Gasteiger partial charge in [0.25, 0.3) is 5.91 Å². The van der Waals surface area contributed by atoms with Crippen LogP contribution < -0.4 is 10.6 Å². The number of hydrogen-bond acceptors (Lipinski definition) is 5. The Hall–Kier alpha value is -2.67. The van der Waals surface area contributed by atoms with Crippen LogP contribution in [0.5, 0.6) is 0 Å². The molecule has 2 amide bonds. The van der Waals surface area contributed by atoms with Crippen LogP contribution in [0.4, 0.5) is 0 Å². The van der Waals surface area contributed by atoms with Gasteiger partial charge in [0.05, 0.1) is 18.9 Å². The van der Waals surface area contributed by atoms with Crippen molar-refractivity contribution in [2.75, 3.05) is 0 Å². The van der Waals surface area contributed by atoms with Crippen LogP contribution in [0.25, 0.3) is 0 Å². The Labute approximate surface area is 195 Å². The van der Waals surface area contributed by atoms with Gasteiger partial charge in [-0.15, -0.1) is 0 Å². The lowest BCUT2D eigenvalue weighted by Gasteiger charge is -2.56. The van der Waals surface area contributed by atoms with E-state index in [4.69, 9.17) is 4.42 Å². The van der Waals surface area contributed by atoms with E-state index in [2.05, 4.69) is 29.5 Å². The summed E-state index contributed by atoms with van der Waals surface area (Å²) in [6.07, 6.45) is 6.22. The molecule has 0 aliphatic heterocycles. The summed E-state index contributed by atoms with van der Waals surface area (Å²) in [7, 11) is 0. The molecule has 4 rings (SSSR count). The van der Waals surface area contributed by atoms with E-state index in [9.17, 15) is 14.7 Å². The van der Waals surface area contributed by atoms with Crippen molar-refractivity contribution in [2.45, 2.75) is 65.1 Å². The number of aromatic nitrogens is 1. The van der Waals surface area contributed by atoms with Crippen molar-refractivity contribution in [3.8, 4) is 0 Å². The molecule has 2 fully saturated rings. The standard InChI is InChI=1S/C26H35N3O4/c1-16(24(31)28-15-18-7-6-14-33-18)19-9-11-26(3)12-10-20(17(2)22(26)23(19)30)29-25(32)21-8-4-5-13-27-21/h4-8,13-14,16-17,19-20,22-23,30H,9-12,15H2,1-3H3,(H,28,31)(H,29,32). The molecule has 0 saturated heterocycles. The van der Waals surface area contributed by atoms with Gasteiger partial charge in [0.1, 0.15) is 11.5 Å². The zero-order valence-corrected chi connectivity index (χ0v) is 19.7. The largest absolute Gasteiger partial charge is 0.467 e. The molecule has 33 heavy (non-hydrogen) atoms. The Morgan fingerprint density at radius 3 is 2.73 bits per heavy atom. The number of fused-ring (bicyclic) bond motifs is 1. The summed E-state index contributed by atoms with van der Waals surface area (Å²) in [6.45, 7) is 6.63. The van der Waals surface area contributed by atoms with E-state index in [0.29, 0.717) is 18.0 Å². The quantitative estimate of drug-likeness (QED) is 0.621. The zero-order chi connectivity index (χ0) is 23.6. The van der Waals surface area contributed by atoms with Crippen molar-refractivity contribution in [2.24, 2.45) is 29.1 Å². The van der Waals surface area contributed by atoms with Gasteiger partial charge in [-0.1, -0.05) is 26.8 Å². The number of nitrogens with zero attached hydrogens (tertiary/aromatic N) is 1. The summed E-state index contributed by atoms with van der Waals surface area (Å²) in [6, 6.07) is 8.89. The fraction of sp³-hybridized carbons (Fsp3) is 0.577. The number of aliphatic hydroxyl groups is 1. The number of aliphatic hydroxyl groups excluding tert-OH is 1. The van der Waals surface area contributed by atoms with Crippen LogP contribution in [-0.4, -0.2) is 34.1 Å². The van der Waals surface area contributed by atoms with Gasteiger partial charge >= 0.3 is 0 Å². The SMILES string of the molecule is CC(C(=O)NCc1ccco1)C1CCC2(C)CCC(NC(=O)c3ccccn3)C(C)C2C1O. The van der Waals surface area contributed by atoms with Crippen LogP contribution in [0, 0.1) is 29.1 Å². The Morgan fingerprint density at radius 2 is 2.03 bits per heavy atom. The van der Waals surface area contributed by atoms with Crippen molar-refractivity contribution in [1.29, 1.82) is 0 Å². The molecule has 2 saturated carbocycles. The minimum absolute atomic E-state index is 0.00588. The molecule has 2 heterocycles. The molecule has 7 unspecified atom stereocenters. The maximum atomic E-state index is 12.8. The van der Waals surface area contributed by atoms with Crippen LogP contribution in [-0.2, 0) is 11.3 Å². The summed E-state index contributed by atoms with van der Waals surface area (Å²) >= 11 is 0. The summed E-state index contributed by atoms with van der Waals surface area (Å²) < 4.78 is 5.30. The van der Waals surface area contributed by atoms with E-state index in [1.807, 2.05) is 13.0 Å². The van der Waals surface area contributed by atoms with Gasteiger partial charge in [0, 0.05) is 18.2 Å². The van der Waals surface area contributed by atoms with Crippen molar-refractivity contribution >= 4 is 11.8 Å². The van der Waals surface area contributed by atoms with E-state index in [1.54, 1.807) is 36.7 Å². The smallest absolute Gasteiger partial charge is 0.270 e. The maximum Gasteiger partial charge on any atom is 0.270 e. The Kier molecular flexibility index (Phi) is 6.88. The van der Waals surface area contributed by atoms with Crippen LogP contribution in [0.3, 0.4) is 0 Å². The Balaban J connectivity index is 1.43. The molecule has 7 atom stereocenters. The summed E-state index contributed by atoms with van der Waals surface area (Å²) in [5.41, 5.74) is 0.410. The third-order valence-electron chi connectivity index (χ3n) is 8.17. The third kappa shape index (κ3) is 4.83. The summed E-state index contributed by atoms with van der Waals surface area (Å²) in [5.74, 6) is 0.139. The van der Waals surface area contributed by atoms with Gasteiger partial charge in [-0.2, -0.15) is 0 Å². The number of amides is 2. The van der Waals surface area contributed by atoms with Gasteiger partial charge in [-0.05, 0) is 73.1 Å². The molecule has 2 aromatic heterocycles. The van der Waals surface area contributed by atoms with Crippen LogP contribution in [0.15, 0.2) is 47.2 Å². The van der Waals surface area contributed by atoms with Gasteiger partial charge in [-0.3, -0.25) is 14.6 Å². The Morgan fingerprint density at radius 1 is 1.24 bits per heavy atom. The number of rotatable bonds is 6. The lowest BCUT2D eigenvalue weighted by molar-refractivity contribution is -0.142. The first-order valence-electron chi connectivity index (χ1n) is 12.0. The molecule has 7 nitrogen and oxygen atoms in total. The monoisotopic (exact) mass is 453 g/mol. The van der Waals surface area contributed by atoms with E-state index < -0.39 is 6.10 Å². The molecule has 3 N–H and O–H groups in total. The second-order valence-electron chi connectivity index (χ2n) is 10.2. The lowest BCUT2D eigenvalue weighted by atomic mass is 9.51. The molecule has 2 aliphatic carbocycles. The van der Waals surface area contributed by atoms with Crippen LogP contribution in [0.1, 0.15) is 62.7 Å². The van der Waals surface area contributed by atoms with Gasteiger partial charge in [-0.25, -0.2) is 0 Å². The number of carbonyl (C=O) groups excluding carboxylic acids is 2. The molecule has 0 radical (unpaired) electrons. The highest BCUT2D eigenvalue weighted by molar-refractivity contribution is 5.92. The van der Waals surface area contributed by atoms with E-state index in [1.165, 1.54) is 0 Å². The van der Waals surface area contributed by atoms with Crippen molar-refractivity contribution in [3.63, 3.8) is 0 Å². The predicted octanol–water partition coefficient (Wildman–Crippen LogP) is 3.55. The summed E-state index contributed by atoms with van der Waals surface area (Å²) in [4.78, 5) is 29.7. The van der Waals surface area contributed by atoms with E-state index >= 15 is 0 Å². The van der Waals surface area contributed by atoms with Gasteiger partial charge in [0.15, 0.2) is 0 Å². The van der Waals surface area contributed by atoms with Crippen molar-refractivity contribution < 1.29 is 19.1 Å². The number of nitrogens with one attached hydrogen (secondary N) is 2. The molecule has 178 valence electrons. The van der Waals surface area contributed by atoms with Crippen LogP contribution in [0.2, 0.25) is 0 Å². The normalized spacial score (nSPS) is 32.4. The molecule has 7 heteroatoms. The second-order valence-corrected chi connectivity index (χ2v) is 10.2. The fourth-order valence-corrected chi connectivity index (χ4v) is 6.18. The number of hydrogen-bond donors (Lipinski definition) is 3. The molecule has 0 aromatic carbocycles. The molecule has 0 bridgehead atoms. The Bertz CT molecular complexity index is 948. The molecule has 2 aliphatic rings. The third-order valence-corrected chi connectivity index (χ3v) is 8.17. The van der Waals surface area contributed by atoms with Gasteiger partial charge in [0.2, 0.25) is 5.91 Å². The number of carbonyl (C=O) groups is 2. The average molecular weight is 454 g/mol. The molecule has 0 spiro atoms. The fourth-order valence-electron chi connectivity index (χ4n) is 6.18. The summed E-state index contributed by atoms with van der Waals surface area (Å²) in [5, 5.41) is 17.6. The van der Waals surface area contributed by atoms with Crippen molar-refractivity contribution in [1.82, 2.24) is 15.6 Å². The second kappa shape index (κ2) is 9.67. The minimum Gasteiger partial charge on any atom is -0.467 e. The topological polar surface area (TPSA) is 104 Å². The van der Waals surface area contributed by atoms with Crippen LogP contribution >= 0.6 is 0 Å². The van der Waals surface area contributed by atoms with E-state index in [0.717, 1.165) is 25.7 Å². The first kappa shape index (κ1) is 23.5. The average Bonchev–Trinajstić information content (AvgIpc) is 3.33. The first-order valence-corrected chi connectivity index (χ1v) is 12.0. The predicted molar refractivity (Wildman–Crippen MR) is 124 cm³/mol. The highest BCUT2D eigenvalue weighted by Crippen LogP contribution is 2.55. The first-order chi connectivity index (χ1) is 15.8. The van der Waals surface area contributed by atoms with E-state index in [-0.39, 0.29) is 46.9 Å². The van der Waals surface area contributed by atoms with Crippen molar-refractivity contribution in [3.05, 3.63) is 54.2 Å². The van der Waals surface area contributed by atoms with Gasteiger partial charge < -0.3 is 20.2 Å².